The first kappa shape index (κ1) is 25.0. The second kappa shape index (κ2) is 10.1. The van der Waals surface area contributed by atoms with Crippen molar-refractivity contribution in [3.63, 3.8) is 0 Å². The number of rotatable bonds is 8. The number of benzene rings is 3. The van der Waals surface area contributed by atoms with Crippen LogP contribution in [0.2, 0.25) is 5.02 Å². The highest BCUT2D eigenvalue weighted by Crippen LogP contribution is 2.38. The number of halogens is 4. The minimum Gasteiger partial charge on any atom is -0.393 e. The molecule has 33 heavy (non-hydrogen) atoms. The molecule has 0 spiro atoms. The highest BCUT2D eigenvalue weighted by Gasteiger charge is 2.33. The van der Waals surface area contributed by atoms with Crippen LogP contribution < -0.4 is 9.72 Å². The quantitative estimate of drug-likeness (QED) is 0.427. The van der Waals surface area contributed by atoms with Gasteiger partial charge in [-0.15, -0.1) is 0 Å². The van der Waals surface area contributed by atoms with Gasteiger partial charge in [-0.1, -0.05) is 41.9 Å². The Morgan fingerprint density at radius 2 is 1.64 bits per heavy atom. The maximum atomic E-state index is 13.5. The highest BCUT2D eigenvalue weighted by molar-refractivity contribution is 7.89. The van der Waals surface area contributed by atoms with E-state index in [1.54, 1.807) is 56.6 Å². The molecule has 5 nitrogen and oxygen atoms in total. The van der Waals surface area contributed by atoms with Crippen LogP contribution in [0, 0.1) is 0 Å². The summed E-state index contributed by atoms with van der Waals surface area (Å²) in [6.07, 6.45) is -4.58. The van der Waals surface area contributed by atoms with Crippen molar-refractivity contribution >= 4 is 21.6 Å². The molecule has 0 saturated heterocycles. The highest BCUT2D eigenvalue weighted by atomic mass is 35.5. The summed E-state index contributed by atoms with van der Waals surface area (Å²) in [6, 6.07) is 17.2. The molecule has 3 aromatic rings. The van der Waals surface area contributed by atoms with E-state index in [1.165, 1.54) is 12.1 Å². The molecule has 0 aliphatic rings. The van der Waals surface area contributed by atoms with E-state index >= 15 is 0 Å². The molecule has 0 aliphatic carbocycles. The van der Waals surface area contributed by atoms with Gasteiger partial charge < -0.3 is 9.74 Å². The number of hydrogen-bond donors (Lipinski definition) is 1. The van der Waals surface area contributed by atoms with Gasteiger partial charge >= 0.3 is 6.18 Å². The Kier molecular flexibility index (Phi) is 7.69. The summed E-state index contributed by atoms with van der Waals surface area (Å²) in [5, 5.41) is 0.485. The number of sulfonamides is 1. The third-order valence-electron chi connectivity index (χ3n) is 4.85. The Balaban J connectivity index is 2.05. The summed E-state index contributed by atoms with van der Waals surface area (Å²) in [5.41, 5.74) is 0.00767. The van der Waals surface area contributed by atoms with Crippen molar-refractivity contribution in [2.24, 2.45) is 0 Å². The maximum Gasteiger partial charge on any atom is 0.416 e. The lowest BCUT2D eigenvalue weighted by Gasteiger charge is -2.25. The Labute approximate surface area is 195 Å². The lowest BCUT2D eigenvalue weighted by Crippen LogP contribution is -2.29. The molecule has 0 saturated carbocycles. The summed E-state index contributed by atoms with van der Waals surface area (Å²) in [7, 11) is -0.481. The van der Waals surface area contributed by atoms with Gasteiger partial charge in [0.05, 0.1) is 10.5 Å². The lowest BCUT2D eigenvalue weighted by atomic mass is 9.89. The van der Waals surface area contributed by atoms with E-state index in [2.05, 4.69) is 0 Å². The second-order valence-electron chi connectivity index (χ2n) is 7.62. The number of likely N-dealkylation sites (N-methyl/N-ethyl adjacent to an activating group) is 1. The van der Waals surface area contributed by atoms with E-state index in [0.29, 0.717) is 17.1 Å². The van der Waals surface area contributed by atoms with Gasteiger partial charge in [0.15, 0.2) is 5.75 Å². The molecule has 176 valence electrons. The van der Waals surface area contributed by atoms with Gasteiger partial charge in [0.25, 0.3) is 10.0 Å². The largest absolute Gasteiger partial charge is 0.416 e. The summed E-state index contributed by atoms with van der Waals surface area (Å²) in [4.78, 5) is 9.17. The van der Waals surface area contributed by atoms with Crippen LogP contribution in [-0.4, -0.2) is 34.0 Å². The van der Waals surface area contributed by atoms with Crippen LogP contribution in [0.15, 0.2) is 77.7 Å². The summed E-state index contributed by atoms with van der Waals surface area (Å²) in [5.74, 6) is -0.597. The zero-order chi connectivity index (χ0) is 24.2. The zero-order valence-electron chi connectivity index (χ0n) is 17.8. The van der Waals surface area contributed by atoms with Crippen molar-refractivity contribution in [3.8, 4) is 5.75 Å². The maximum absolute atomic E-state index is 13.5. The molecule has 3 rings (SSSR count). The molecule has 0 fully saturated rings. The van der Waals surface area contributed by atoms with Crippen LogP contribution >= 0.6 is 11.6 Å². The van der Waals surface area contributed by atoms with Gasteiger partial charge in [0.2, 0.25) is 0 Å². The molecule has 1 atom stereocenters. The minimum absolute atomic E-state index is 0.0377. The molecule has 10 heteroatoms. The fraction of sp³-hybridized carbons (Fsp3) is 0.217. The molecular formula is C23H22ClF3N2O3S. The number of nitrogens with one attached hydrogen (secondary N) is 1. The average molecular weight is 499 g/mol. The summed E-state index contributed by atoms with van der Waals surface area (Å²) < 4.78 is 65.6. The Morgan fingerprint density at radius 3 is 2.21 bits per heavy atom. The van der Waals surface area contributed by atoms with Gasteiger partial charge in [-0.05, 0) is 67.0 Å². The fourth-order valence-electron chi connectivity index (χ4n) is 3.28. The van der Waals surface area contributed by atoms with Crippen LogP contribution in [0.25, 0.3) is 0 Å². The van der Waals surface area contributed by atoms with Gasteiger partial charge in [0.1, 0.15) is 0 Å². The SMILES string of the molecule is CN(C)CC(c1ccc(Cl)cc1)c1cc(C(F)(F)F)ccc1ONS(=O)(=O)c1ccccc1. The predicted molar refractivity (Wildman–Crippen MR) is 121 cm³/mol. The molecule has 0 heterocycles. The molecule has 3 aromatic carbocycles. The van der Waals surface area contributed by atoms with Gasteiger partial charge in [-0.3, -0.25) is 0 Å². The molecule has 0 aromatic heterocycles. The van der Waals surface area contributed by atoms with Crippen LogP contribution in [0.4, 0.5) is 13.2 Å². The van der Waals surface area contributed by atoms with E-state index < -0.39 is 27.7 Å². The summed E-state index contributed by atoms with van der Waals surface area (Å²) in [6.45, 7) is 0.338. The predicted octanol–water partition coefficient (Wildman–Crippen LogP) is 5.32. The third kappa shape index (κ3) is 6.48. The van der Waals surface area contributed by atoms with Crippen molar-refractivity contribution in [2.75, 3.05) is 20.6 Å². The van der Waals surface area contributed by atoms with Gasteiger partial charge in [-0.2, -0.15) is 13.2 Å². The van der Waals surface area contributed by atoms with E-state index in [4.69, 9.17) is 16.4 Å². The molecule has 1 unspecified atom stereocenters. The molecule has 1 N–H and O–H groups in total. The van der Waals surface area contributed by atoms with Crippen LogP contribution in [-0.2, 0) is 16.2 Å². The van der Waals surface area contributed by atoms with E-state index in [0.717, 1.165) is 18.2 Å². The third-order valence-corrected chi connectivity index (χ3v) is 6.29. The Bertz CT molecular complexity index is 1190. The van der Waals surface area contributed by atoms with Crippen molar-refractivity contribution in [1.82, 2.24) is 9.79 Å². The van der Waals surface area contributed by atoms with E-state index in [-0.39, 0.29) is 16.2 Å². The Hall–Kier alpha value is -2.59. The first-order chi connectivity index (χ1) is 15.5. The smallest absolute Gasteiger partial charge is 0.393 e. The van der Waals surface area contributed by atoms with Crippen molar-refractivity contribution in [3.05, 3.63) is 94.5 Å². The van der Waals surface area contributed by atoms with Gasteiger partial charge in [0, 0.05) is 23.0 Å². The standard InChI is InChI=1S/C23H22ClF3N2O3S/c1-29(2)15-21(16-8-11-18(24)12-9-16)20-14-17(23(25,26)27)10-13-22(20)32-28-33(30,31)19-6-4-3-5-7-19/h3-14,21,28H,15H2,1-2H3. The first-order valence-corrected chi connectivity index (χ1v) is 11.7. The molecular weight excluding hydrogens is 477 g/mol. The first-order valence-electron chi connectivity index (χ1n) is 9.82. The molecule has 0 amide bonds. The number of hydrogen-bond acceptors (Lipinski definition) is 4. The topological polar surface area (TPSA) is 58.6 Å². The fourth-order valence-corrected chi connectivity index (χ4v) is 4.22. The Morgan fingerprint density at radius 1 is 1.00 bits per heavy atom. The molecule has 0 bridgehead atoms. The van der Waals surface area contributed by atoms with Crippen LogP contribution in [0.3, 0.4) is 0 Å². The second-order valence-corrected chi connectivity index (χ2v) is 9.70. The van der Waals surface area contributed by atoms with Crippen LogP contribution in [0.1, 0.15) is 22.6 Å². The summed E-state index contributed by atoms with van der Waals surface area (Å²) >= 11 is 5.98. The normalized spacial score (nSPS) is 13.2. The minimum atomic E-state index is -4.58. The number of alkyl halides is 3. The lowest BCUT2D eigenvalue weighted by molar-refractivity contribution is -0.137. The van der Waals surface area contributed by atoms with Crippen molar-refractivity contribution < 1.29 is 26.4 Å². The zero-order valence-corrected chi connectivity index (χ0v) is 19.4. The molecule has 0 radical (unpaired) electrons. The van der Waals surface area contributed by atoms with Crippen molar-refractivity contribution in [1.29, 1.82) is 0 Å². The van der Waals surface area contributed by atoms with Crippen molar-refractivity contribution in [2.45, 2.75) is 17.0 Å². The molecule has 0 aliphatic heterocycles. The van der Waals surface area contributed by atoms with Gasteiger partial charge in [-0.25, -0.2) is 8.42 Å². The van der Waals surface area contributed by atoms with E-state index in [9.17, 15) is 21.6 Å². The van der Waals surface area contributed by atoms with E-state index in [1.807, 2.05) is 9.79 Å². The monoisotopic (exact) mass is 498 g/mol. The average Bonchev–Trinajstić information content (AvgIpc) is 2.76. The number of nitrogens with zero attached hydrogens (tertiary/aromatic N) is 1. The van der Waals surface area contributed by atoms with Crippen LogP contribution in [0.5, 0.6) is 5.75 Å².